The molecule has 0 heterocycles. The lowest BCUT2D eigenvalue weighted by Crippen LogP contribution is -2.01. The highest BCUT2D eigenvalue weighted by molar-refractivity contribution is 5.17. The Labute approximate surface area is 99.4 Å². The van der Waals surface area contributed by atoms with Gasteiger partial charge in [0.2, 0.25) is 0 Å². The Hall–Kier alpha value is -1.48. The summed E-state index contributed by atoms with van der Waals surface area (Å²) in [6.07, 6.45) is 5.11. The van der Waals surface area contributed by atoms with Crippen molar-refractivity contribution in [2.24, 2.45) is 5.41 Å². The largest absolute Gasteiger partial charge is 0.102 e. The normalized spacial score (nSPS) is 10.4. The van der Waals surface area contributed by atoms with Gasteiger partial charge in [-0.15, -0.1) is 12.5 Å². The van der Waals surface area contributed by atoms with E-state index in [0.717, 1.165) is 19.3 Å². The van der Waals surface area contributed by atoms with Gasteiger partial charge in [0, 0.05) is 11.8 Å². The first-order chi connectivity index (χ1) is 7.64. The number of allylic oxidation sites excluding steroid dienone is 1. The highest BCUT2D eigenvalue weighted by Gasteiger charge is 2.06. The second kappa shape index (κ2) is 6.18. The van der Waals surface area contributed by atoms with E-state index in [-0.39, 0.29) is 5.41 Å². The molecule has 1 aromatic carbocycles. The Balaban J connectivity index is 2.30. The lowest BCUT2D eigenvalue weighted by molar-refractivity contribution is 0.655. The van der Waals surface area contributed by atoms with Crippen LogP contribution >= 0.6 is 0 Å². The van der Waals surface area contributed by atoms with E-state index in [1.807, 2.05) is 6.08 Å². The summed E-state index contributed by atoms with van der Waals surface area (Å²) in [6.45, 7) is 7.95. The average Bonchev–Trinajstić information content (AvgIpc) is 2.30. The van der Waals surface area contributed by atoms with Gasteiger partial charge in [0.05, 0.1) is 0 Å². The molecule has 0 aromatic heterocycles. The summed E-state index contributed by atoms with van der Waals surface area (Å²) >= 11 is 0. The van der Waals surface area contributed by atoms with Crippen LogP contribution in [0.5, 0.6) is 0 Å². The zero-order valence-corrected chi connectivity index (χ0v) is 10.3. The molecule has 0 heteroatoms. The van der Waals surface area contributed by atoms with E-state index in [9.17, 15) is 0 Å². The Morgan fingerprint density at radius 2 is 1.94 bits per heavy atom. The Morgan fingerprint density at radius 1 is 1.25 bits per heavy atom. The molecule has 0 aliphatic carbocycles. The molecule has 1 rings (SSSR count). The third-order valence-electron chi connectivity index (χ3n) is 2.53. The van der Waals surface area contributed by atoms with Crippen molar-refractivity contribution in [2.45, 2.75) is 33.1 Å². The summed E-state index contributed by atoms with van der Waals surface area (Å²) in [4.78, 5) is 0. The maximum atomic E-state index is 3.78. The minimum atomic E-state index is -0.0489. The monoisotopic (exact) mass is 212 g/mol. The zero-order chi connectivity index (χ0) is 11.9. The molecular formula is C16H20. The van der Waals surface area contributed by atoms with Gasteiger partial charge < -0.3 is 0 Å². The quantitative estimate of drug-likeness (QED) is 0.398. The van der Waals surface area contributed by atoms with E-state index < -0.39 is 0 Å². The first-order valence-corrected chi connectivity index (χ1v) is 5.81. The van der Waals surface area contributed by atoms with Crippen LogP contribution in [0.2, 0.25) is 0 Å². The molecule has 0 saturated heterocycles. The number of hydrogen-bond acceptors (Lipinski definition) is 0. The molecule has 1 aromatic rings. The van der Waals surface area contributed by atoms with Gasteiger partial charge in [0.15, 0.2) is 0 Å². The predicted octanol–water partition coefficient (Wildman–Crippen LogP) is 4.22. The molecule has 0 radical (unpaired) electrons. The van der Waals surface area contributed by atoms with Crippen molar-refractivity contribution in [1.29, 1.82) is 0 Å². The van der Waals surface area contributed by atoms with Crippen molar-refractivity contribution in [3.8, 4) is 11.8 Å². The minimum Gasteiger partial charge on any atom is -0.102 e. The summed E-state index contributed by atoms with van der Waals surface area (Å²) in [6, 6.07) is 10.6. The van der Waals surface area contributed by atoms with Gasteiger partial charge in [-0.3, -0.25) is 0 Å². The van der Waals surface area contributed by atoms with Crippen LogP contribution in [0.1, 0.15) is 32.3 Å². The first-order valence-electron chi connectivity index (χ1n) is 5.81. The predicted molar refractivity (Wildman–Crippen MR) is 71.1 cm³/mol. The van der Waals surface area contributed by atoms with Gasteiger partial charge >= 0.3 is 0 Å². The van der Waals surface area contributed by atoms with Crippen molar-refractivity contribution >= 4 is 0 Å². The maximum absolute atomic E-state index is 3.78. The van der Waals surface area contributed by atoms with Crippen LogP contribution in [0.4, 0.5) is 0 Å². The fourth-order valence-corrected chi connectivity index (χ4v) is 1.37. The number of rotatable bonds is 4. The molecule has 16 heavy (non-hydrogen) atoms. The van der Waals surface area contributed by atoms with E-state index in [0.29, 0.717) is 0 Å². The topological polar surface area (TPSA) is 0 Å². The van der Waals surface area contributed by atoms with Crippen LogP contribution in [0.15, 0.2) is 43.0 Å². The van der Waals surface area contributed by atoms with Crippen LogP contribution in [0, 0.1) is 17.3 Å². The number of benzene rings is 1. The summed E-state index contributed by atoms with van der Waals surface area (Å²) in [5.41, 5.74) is 1.35. The van der Waals surface area contributed by atoms with Crippen LogP contribution < -0.4 is 0 Å². The molecule has 0 fully saturated rings. The fraction of sp³-hybridized carbons (Fsp3) is 0.375. The molecule has 0 amide bonds. The van der Waals surface area contributed by atoms with Gasteiger partial charge in [-0.1, -0.05) is 42.3 Å². The second-order valence-electron chi connectivity index (χ2n) is 4.57. The maximum Gasteiger partial charge on any atom is 0.0434 e. The highest BCUT2D eigenvalue weighted by atomic mass is 14.1. The summed E-state index contributed by atoms with van der Waals surface area (Å²) < 4.78 is 0. The number of hydrogen-bond donors (Lipinski definition) is 0. The van der Waals surface area contributed by atoms with Gasteiger partial charge in [-0.2, -0.15) is 0 Å². The second-order valence-corrected chi connectivity index (χ2v) is 4.57. The highest BCUT2D eigenvalue weighted by Crippen LogP contribution is 2.13. The smallest absolute Gasteiger partial charge is 0.0434 e. The minimum absolute atomic E-state index is 0.0489. The van der Waals surface area contributed by atoms with Crippen LogP contribution in [-0.2, 0) is 6.42 Å². The molecule has 0 nitrogen and oxygen atoms in total. The Bertz CT molecular complexity index is 373. The van der Waals surface area contributed by atoms with Crippen LogP contribution in [0.3, 0.4) is 0 Å². The summed E-state index contributed by atoms with van der Waals surface area (Å²) in [7, 11) is 0. The van der Waals surface area contributed by atoms with E-state index in [1.165, 1.54) is 5.56 Å². The molecule has 0 unspecified atom stereocenters. The van der Waals surface area contributed by atoms with Crippen molar-refractivity contribution in [1.82, 2.24) is 0 Å². The van der Waals surface area contributed by atoms with Crippen LogP contribution in [-0.4, -0.2) is 0 Å². The van der Waals surface area contributed by atoms with E-state index in [4.69, 9.17) is 0 Å². The molecule has 0 aliphatic heterocycles. The van der Waals surface area contributed by atoms with E-state index in [2.05, 4.69) is 62.6 Å². The summed E-state index contributed by atoms with van der Waals surface area (Å²) in [5.74, 6) is 6.45. The SMILES string of the molecule is C=CC(C)(C)C#CCCCc1ccccc1. The third-order valence-corrected chi connectivity index (χ3v) is 2.53. The molecule has 0 atom stereocenters. The van der Waals surface area contributed by atoms with Gasteiger partial charge in [-0.25, -0.2) is 0 Å². The standard InChI is InChI=1S/C16H20/c1-4-16(2,3)14-10-6-9-13-15-11-7-5-8-12-15/h4-5,7-8,11-12H,1,6,9,13H2,2-3H3. The van der Waals surface area contributed by atoms with E-state index >= 15 is 0 Å². The molecule has 0 aliphatic rings. The third kappa shape index (κ3) is 4.84. The molecular weight excluding hydrogens is 192 g/mol. The summed E-state index contributed by atoms with van der Waals surface area (Å²) in [5, 5.41) is 0. The first kappa shape index (κ1) is 12.6. The fourth-order valence-electron chi connectivity index (χ4n) is 1.37. The zero-order valence-electron chi connectivity index (χ0n) is 10.3. The van der Waals surface area contributed by atoms with Crippen LogP contribution in [0.25, 0.3) is 0 Å². The number of unbranched alkanes of at least 4 members (excludes halogenated alkanes) is 1. The molecule has 84 valence electrons. The van der Waals surface area contributed by atoms with E-state index in [1.54, 1.807) is 0 Å². The van der Waals surface area contributed by atoms with Crippen molar-refractivity contribution < 1.29 is 0 Å². The Morgan fingerprint density at radius 3 is 2.56 bits per heavy atom. The van der Waals surface area contributed by atoms with Gasteiger partial charge in [0.1, 0.15) is 0 Å². The van der Waals surface area contributed by atoms with Crippen molar-refractivity contribution in [2.75, 3.05) is 0 Å². The lowest BCUT2D eigenvalue weighted by atomic mass is 9.94. The number of aryl methyl sites for hydroxylation is 1. The Kier molecular flexibility index (Phi) is 4.86. The van der Waals surface area contributed by atoms with Crippen molar-refractivity contribution in [3.63, 3.8) is 0 Å². The van der Waals surface area contributed by atoms with Gasteiger partial charge in [0.25, 0.3) is 0 Å². The molecule has 0 N–H and O–H groups in total. The lowest BCUT2D eigenvalue weighted by Gasteiger charge is -2.09. The van der Waals surface area contributed by atoms with Crippen molar-refractivity contribution in [3.05, 3.63) is 48.6 Å². The average molecular weight is 212 g/mol. The molecule has 0 spiro atoms. The van der Waals surface area contributed by atoms with Gasteiger partial charge in [-0.05, 0) is 32.3 Å². The molecule has 0 saturated carbocycles. The molecule has 0 bridgehead atoms.